The molecule has 0 aromatic heterocycles. The summed E-state index contributed by atoms with van der Waals surface area (Å²) in [7, 11) is 0. The van der Waals surface area contributed by atoms with Crippen molar-refractivity contribution < 1.29 is 24.5 Å². The number of hydrogen-bond donors (Lipinski definition) is 3. The third-order valence-electron chi connectivity index (χ3n) is 15.4. The molecule has 436 valence electrons. The second-order valence-electron chi connectivity index (χ2n) is 22.8. The number of aliphatic hydroxyl groups excluding tert-OH is 2. The van der Waals surface area contributed by atoms with Gasteiger partial charge in [-0.05, 0) is 64.2 Å². The molecule has 6 heteroatoms. The number of unbranched alkanes of at least 4 members (excludes halogenated alkanes) is 47. The fourth-order valence-electron chi connectivity index (χ4n) is 10.3. The second kappa shape index (κ2) is 63.6. The van der Waals surface area contributed by atoms with Crippen molar-refractivity contribution in [1.29, 1.82) is 0 Å². The molecule has 3 N–H and O–H groups in total. The Morgan fingerprint density at radius 3 is 1.05 bits per heavy atom. The number of aliphatic hydroxyl groups is 2. The van der Waals surface area contributed by atoms with E-state index in [1.807, 2.05) is 6.08 Å². The van der Waals surface area contributed by atoms with Gasteiger partial charge in [0.1, 0.15) is 0 Å². The van der Waals surface area contributed by atoms with Gasteiger partial charge in [-0.25, -0.2) is 0 Å². The first-order valence-corrected chi connectivity index (χ1v) is 33.3. The highest BCUT2D eigenvalue weighted by Gasteiger charge is 2.18. The van der Waals surface area contributed by atoms with Gasteiger partial charge >= 0.3 is 5.97 Å². The Morgan fingerprint density at radius 1 is 0.378 bits per heavy atom. The Balaban J connectivity index is 3.34. The van der Waals surface area contributed by atoms with Gasteiger partial charge in [-0.1, -0.05) is 320 Å². The van der Waals surface area contributed by atoms with Crippen LogP contribution in [0.3, 0.4) is 0 Å². The topological polar surface area (TPSA) is 95.9 Å². The average Bonchev–Trinajstić information content (AvgIpc) is 3.40. The Bertz CT molecular complexity index is 1200. The minimum Gasteiger partial charge on any atom is -0.466 e. The van der Waals surface area contributed by atoms with E-state index >= 15 is 0 Å². The van der Waals surface area contributed by atoms with Crippen LogP contribution in [0.1, 0.15) is 361 Å². The first-order valence-electron chi connectivity index (χ1n) is 33.3. The number of ether oxygens (including phenoxy) is 1. The number of nitrogens with one attached hydrogen (secondary N) is 1. The molecular weight excluding hydrogens is 911 g/mol. The van der Waals surface area contributed by atoms with Crippen LogP contribution in [0.25, 0.3) is 0 Å². The van der Waals surface area contributed by atoms with Crippen LogP contribution in [-0.2, 0) is 14.3 Å². The average molecular weight is 1040 g/mol. The van der Waals surface area contributed by atoms with Gasteiger partial charge in [0.2, 0.25) is 5.91 Å². The molecule has 1 amide bonds. The highest BCUT2D eigenvalue weighted by Crippen LogP contribution is 2.18. The van der Waals surface area contributed by atoms with Gasteiger partial charge in [0.15, 0.2) is 0 Å². The molecule has 0 aliphatic carbocycles. The summed E-state index contributed by atoms with van der Waals surface area (Å²) >= 11 is 0. The maximum absolute atomic E-state index is 12.4. The third kappa shape index (κ3) is 59.3. The molecule has 0 aliphatic rings. The van der Waals surface area contributed by atoms with Gasteiger partial charge in [0.05, 0.1) is 25.4 Å². The van der Waals surface area contributed by atoms with Crippen LogP contribution in [0.15, 0.2) is 36.5 Å². The van der Waals surface area contributed by atoms with Crippen molar-refractivity contribution in [1.82, 2.24) is 5.32 Å². The molecule has 0 aromatic carbocycles. The zero-order valence-electron chi connectivity index (χ0n) is 49.8. The molecule has 0 spiro atoms. The molecule has 0 aliphatic heterocycles. The summed E-state index contributed by atoms with van der Waals surface area (Å²) in [5.74, 6) is -0.0537. The van der Waals surface area contributed by atoms with Crippen LogP contribution in [-0.4, -0.2) is 47.4 Å². The molecule has 0 rings (SSSR count). The quantitative estimate of drug-likeness (QED) is 0.0320. The molecule has 6 nitrogen and oxygen atoms in total. The van der Waals surface area contributed by atoms with Crippen LogP contribution in [0, 0.1) is 0 Å². The lowest BCUT2D eigenvalue weighted by Crippen LogP contribution is -2.45. The molecular formula is C68H129NO5. The predicted molar refractivity (Wildman–Crippen MR) is 324 cm³/mol. The van der Waals surface area contributed by atoms with E-state index in [0.717, 1.165) is 51.4 Å². The number of rotatable bonds is 62. The fourth-order valence-corrected chi connectivity index (χ4v) is 10.3. The van der Waals surface area contributed by atoms with Crippen molar-refractivity contribution in [3.63, 3.8) is 0 Å². The number of carbonyl (C=O) groups is 2. The largest absolute Gasteiger partial charge is 0.466 e. The third-order valence-corrected chi connectivity index (χ3v) is 15.4. The molecule has 0 fully saturated rings. The molecule has 2 atom stereocenters. The van der Waals surface area contributed by atoms with Crippen molar-refractivity contribution in [3.05, 3.63) is 36.5 Å². The molecule has 0 bridgehead atoms. The van der Waals surface area contributed by atoms with Crippen LogP contribution in [0.2, 0.25) is 0 Å². The predicted octanol–water partition coefficient (Wildman–Crippen LogP) is 21.1. The highest BCUT2D eigenvalue weighted by atomic mass is 16.5. The molecule has 0 heterocycles. The number of allylic oxidation sites excluding steroid dienone is 5. The molecule has 0 aromatic rings. The lowest BCUT2D eigenvalue weighted by molar-refractivity contribution is -0.143. The van der Waals surface area contributed by atoms with Gasteiger partial charge in [0.25, 0.3) is 0 Å². The van der Waals surface area contributed by atoms with Crippen molar-refractivity contribution in [2.24, 2.45) is 0 Å². The minimum absolute atomic E-state index is 0.0108. The van der Waals surface area contributed by atoms with E-state index < -0.39 is 12.1 Å². The van der Waals surface area contributed by atoms with Crippen molar-refractivity contribution in [3.8, 4) is 0 Å². The van der Waals surface area contributed by atoms with Crippen LogP contribution in [0.5, 0.6) is 0 Å². The summed E-state index contributed by atoms with van der Waals surface area (Å²) in [6, 6.07) is -0.624. The first kappa shape index (κ1) is 72.1. The summed E-state index contributed by atoms with van der Waals surface area (Å²) in [6.07, 6.45) is 80.7. The Hall–Kier alpha value is -1.92. The number of esters is 1. The normalized spacial score (nSPS) is 12.8. The lowest BCUT2D eigenvalue weighted by Gasteiger charge is -2.20. The Labute approximate surface area is 462 Å². The van der Waals surface area contributed by atoms with Crippen LogP contribution >= 0.6 is 0 Å². The van der Waals surface area contributed by atoms with Crippen LogP contribution < -0.4 is 5.32 Å². The SMILES string of the molecule is CCCCC/C=C\C/C=C\CCCCCCCCCC(=O)OCCCCCCCCCCCCCCCCCCCCCCCCCCCCCCC(=O)NC(CO)C(O)/C=C/CCCCCCCCCCCC. The maximum atomic E-state index is 12.4. The summed E-state index contributed by atoms with van der Waals surface area (Å²) in [6.45, 7) is 4.89. The molecule has 0 radical (unpaired) electrons. The molecule has 2 unspecified atom stereocenters. The maximum Gasteiger partial charge on any atom is 0.305 e. The number of hydrogen-bond acceptors (Lipinski definition) is 5. The van der Waals surface area contributed by atoms with E-state index in [9.17, 15) is 19.8 Å². The molecule has 74 heavy (non-hydrogen) atoms. The van der Waals surface area contributed by atoms with Gasteiger partial charge in [-0.3, -0.25) is 9.59 Å². The van der Waals surface area contributed by atoms with Gasteiger partial charge < -0.3 is 20.3 Å². The smallest absolute Gasteiger partial charge is 0.305 e. The van der Waals surface area contributed by atoms with E-state index in [1.54, 1.807) is 6.08 Å². The van der Waals surface area contributed by atoms with Crippen molar-refractivity contribution >= 4 is 11.9 Å². The minimum atomic E-state index is -0.841. The monoisotopic (exact) mass is 1040 g/mol. The fraction of sp³-hybridized carbons (Fsp3) is 0.882. The zero-order chi connectivity index (χ0) is 53.6. The molecule has 0 saturated carbocycles. The van der Waals surface area contributed by atoms with E-state index in [1.165, 1.54) is 283 Å². The van der Waals surface area contributed by atoms with Gasteiger partial charge in [-0.15, -0.1) is 0 Å². The Morgan fingerprint density at radius 2 is 0.676 bits per heavy atom. The van der Waals surface area contributed by atoms with E-state index in [-0.39, 0.29) is 18.5 Å². The van der Waals surface area contributed by atoms with E-state index in [0.29, 0.717) is 19.4 Å². The molecule has 0 saturated heterocycles. The van der Waals surface area contributed by atoms with Crippen LogP contribution in [0.4, 0.5) is 0 Å². The zero-order valence-corrected chi connectivity index (χ0v) is 49.8. The summed E-state index contributed by atoms with van der Waals surface area (Å²) < 4.78 is 5.50. The lowest BCUT2D eigenvalue weighted by atomic mass is 10.0. The van der Waals surface area contributed by atoms with Gasteiger partial charge in [0, 0.05) is 12.8 Å². The van der Waals surface area contributed by atoms with Crippen molar-refractivity contribution in [2.75, 3.05) is 13.2 Å². The highest BCUT2D eigenvalue weighted by molar-refractivity contribution is 5.76. The number of amides is 1. The summed E-state index contributed by atoms with van der Waals surface area (Å²) in [4.78, 5) is 24.5. The summed E-state index contributed by atoms with van der Waals surface area (Å²) in [5.41, 5.74) is 0. The van der Waals surface area contributed by atoms with E-state index in [2.05, 4.69) is 43.5 Å². The first-order chi connectivity index (χ1) is 36.5. The second-order valence-corrected chi connectivity index (χ2v) is 22.8. The standard InChI is InChI=1S/C68H129NO5/c1-3-5-7-9-11-13-15-17-18-31-35-38-42-46-50-54-58-62-68(73)74-63-59-55-51-47-43-39-36-33-30-28-26-24-22-20-19-21-23-25-27-29-32-34-37-41-45-49-53-57-61-67(72)69-65(64-70)66(71)60-56-52-48-44-40-16-14-12-10-8-6-4-2/h11,13,17-18,56,60,65-66,70-71H,3-10,12,14-16,19-55,57-59,61-64H2,1-2H3,(H,69,72)/b13-11-,18-17-,60-56+. The van der Waals surface area contributed by atoms with Gasteiger partial charge in [-0.2, -0.15) is 0 Å². The number of carbonyl (C=O) groups excluding carboxylic acids is 2. The summed E-state index contributed by atoms with van der Waals surface area (Å²) in [5, 5.41) is 23.1. The Kier molecular flexibility index (Phi) is 62.0. The van der Waals surface area contributed by atoms with Crippen molar-refractivity contribution in [2.45, 2.75) is 373 Å². The van der Waals surface area contributed by atoms with E-state index in [4.69, 9.17) is 4.74 Å².